The molecule has 2 atom stereocenters. The molecule has 0 saturated heterocycles. The summed E-state index contributed by atoms with van der Waals surface area (Å²) in [6.45, 7) is 1.89. The molecule has 2 unspecified atom stereocenters. The normalized spacial score (nSPS) is 13.4. The zero-order chi connectivity index (χ0) is 26.6. The number of hydrogen-bond donors (Lipinski definition) is 2. The Labute approximate surface area is 218 Å². The van der Waals surface area contributed by atoms with E-state index in [2.05, 4.69) is 0 Å². The summed E-state index contributed by atoms with van der Waals surface area (Å²) in [5.74, 6) is -2.08. The van der Waals surface area contributed by atoms with Gasteiger partial charge in [0.25, 0.3) is 5.91 Å². The number of benzene rings is 2. The minimum Gasteiger partial charge on any atom is -0.390 e. The molecule has 11 heteroatoms. The van der Waals surface area contributed by atoms with Gasteiger partial charge < -0.3 is 15.7 Å². The molecule has 0 saturated carbocycles. The Morgan fingerprint density at radius 1 is 1.14 bits per heavy atom. The maximum absolute atomic E-state index is 13.6. The Morgan fingerprint density at radius 3 is 2.36 bits per heavy atom. The highest BCUT2D eigenvalue weighted by atomic mass is 35.5. The Morgan fingerprint density at radius 2 is 1.78 bits per heavy atom. The number of halogens is 3. The van der Waals surface area contributed by atoms with Crippen LogP contribution in [0.3, 0.4) is 0 Å². The van der Waals surface area contributed by atoms with Gasteiger partial charge in [-0.05, 0) is 41.7 Å². The highest BCUT2D eigenvalue weighted by Gasteiger charge is 2.28. The topological polar surface area (TPSA) is 101 Å². The van der Waals surface area contributed by atoms with Gasteiger partial charge in [-0.3, -0.25) is 4.79 Å². The Balaban J connectivity index is 1.88. The van der Waals surface area contributed by atoms with E-state index in [0.29, 0.717) is 0 Å². The van der Waals surface area contributed by atoms with Crippen molar-refractivity contribution in [3.63, 3.8) is 0 Å². The van der Waals surface area contributed by atoms with Crippen LogP contribution in [0.2, 0.25) is 5.02 Å². The van der Waals surface area contributed by atoms with Crippen molar-refractivity contribution >= 4 is 38.7 Å². The van der Waals surface area contributed by atoms with Gasteiger partial charge in [0.15, 0.2) is 9.84 Å². The maximum Gasteiger partial charge on any atom is 0.265 e. The average molecular weight is 557 g/mol. The predicted molar refractivity (Wildman–Crippen MR) is 137 cm³/mol. The van der Waals surface area contributed by atoms with Crippen LogP contribution in [-0.4, -0.2) is 49.3 Å². The van der Waals surface area contributed by atoms with Gasteiger partial charge >= 0.3 is 0 Å². The van der Waals surface area contributed by atoms with E-state index in [1.54, 1.807) is 0 Å². The Bertz CT molecular complexity index is 1330. The second-order valence-corrected chi connectivity index (χ2v) is 11.8. The number of hydrogen-bond acceptors (Lipinski definition) is 6. The lowest BCUT2D eigenvalue weighted by molar-refractivity contribution is 0.0558. The van der Waals surface area contributed by atoms with E-state index in [0.717, 1.165) is 53.3 Å². The van der Waals surface area contributed by atoms with Gasteiger partial charge in [-0.2, -0.15) is 0 Å². The van der Waals surface area contributed by atoms with Crippen molar-refractivity contribution in [2.75, 3.05) is 12.8 Å². The van der Waals surface area contributed by atoms with Crippen molar-refractivity contribution in [1.82, 2.24) is 4.90 Å². The summed E-state index contributed by atoms with van der Waals surface area (Å²) in [6.07, 6.45) is 0.513. The van der Waals surface area contributed by atoms with Gasteiger partial charge in [-0.25, -0.2) is 17.2 Å². The third-order valence-corrected chi connectivity index (χ3v) is 8.50. The molecule has 3 aromatic rings. The van der Waals surface area contributed by atoms with Crippen molar-refractivity contribution in [2.45, 2.75) is 43.4 Å². The molecule has 0 radical (unpaired) electrons. The number of sulfone groups is 1. The largest absolute Gasteiger partial charge is 0.390 e. The Kier molecular flexibility index (Phi) is 9.23. The van der Waals surface area contributed by atoms with Gasteiger partial charge in [0.1, 0.15) is 16.5 Å². The summed E-state index contributed by atoms with van der Waals surface area (Å²) >= 11 is 7.16. The fourth-order valence-corrected chi connectivity index (χ4v) is 6.63. The third kappa shape index (κ3) is 7.10. The molecule has 194 valence electrons. The van der Waals surface area contributed by atoms with Gasteiger partial charge in [0, 0.05) is 36.8 Å². The molecule has 36 heavy (non-hydrogen) atoms. The lowest BCUT2D eigenvalue weighted by atomic mass is 10.0. The van der Waals surface area contributed by atoms with Crippen molar-refractivity contribution in [3.05, 3.63) is 86.1 Å². The number of thiophene rings is 1. The first-order valence-electron chi connectivity index (χ1n) is 11.1. The number of aliphatic hydroxyl groups excluding tert-OH is 1. The number of carbonyl (C=O) groups excluding carboxylic acids is 1. The fraction of sp³-hybridized carbons (Fsp3) is 0.320. The second-order valence-electron chi connectivity index (χ2n) is 8.59. The molecule has 0 fully saturated rings. The van der Waals surface area contributed by atoms with E-state index in [9.17, 15) is 27.1 Å². The van der Waals surface area contributed by atoms with Gasteiger partial charge in [0.2, 0.25) is 0 Å². The standard InChI is InChI=1S/C25H27ClF2N2O4S2/c1-3-15-5-4-6-16(7-15)12-30(25(32)24-23(26)22(14-35-24)36(2,33)34)13-21(31)20(29)10-17-8-18(27)11-19(28)9-17/h4-9,11,14,20-21,31H,3,10,12-13,29H2,1-2H3. The number of rotatable bonds is 10. The van der Waals surface area contributed by atoms with Crippen LogP contribution in [0.4, 0.5) is 8.78 Å². The monoisotopic (exact) mass is 556 g/mol. The van der Waals surface area contributed by atoms with Crippen LogP contribution >= 0.6 is 22.9 Å². The summed E-state index contributed by atoms with van der Waals surface area (Å²) in [5.41, 5.74) is 8.25. The Hall–Kier alpha value is -2.37. The van der Waals surface area contributed by atoms with Crippen molar-refractivity contribution in [1.29, 1.82) is 0 Å². The van der Waals surface area contributed by atoms with Crippen LogP contribution in [-0.2, 0) is 29.2 Å². The van der Waals surface area contributed by atoms with Crippen LogP contribution in [0.25, 0.3) is 0 Å². The van der Waals surface area contributed by atoms with Gasteiger partial charge in [0.05, 0.1) is 16.0 Å². The number of carbonyl (C=O) groups is 1. The first-order chi connectivity index (χ1) is 16.9. The third-order valence-electron chi connectivity index (χ3n) is 5.65. The van der Waals surface area contributed by atoms with Crippen LogP contribution < -0.4 is 5.73 Å². The molecular formula is C25H27ClF2N2O4S2. The predicted octanol–water partition coefficient (Wildman–Crippen LogP) is 4.22. The first kappa shape index (κ1) is 28.2. The van der Waals surface area contributed by atoms with Crippen molar-refractivity contribution in [2.24, 2.45) is 5.73 Å². The van der Waals surface area contributed by atoms with E-state index < -0.39 is 39.5 Å². The molecule has 3 rings (SSSR count). The molecule has 6 nitrogen and oxygen atoms in total. The molecule has 0 spiro atoms. The summed E-state index contributed by atoms with van der Waals surface area (Å²) < 4.78 is 51.1. The van der Waals surface area contributed by atoms with Crippen molar-refractivity contribution in [3.8, 4) is 0 Å². The lowest BCUT2D eigenvalue weighted by Crippen LogP contribution is -2.46. The van der Waals surface area contributed by atoms with Crippen molar-refractivity contribution < 1.29 is 27.1 Å². The number of amides is 1. The van der Waals surface area contributed by atoms with E-state index >= 15 is 0 Å². The summed E-state index contributed by atoms with van der Waals surface area (Å²) in [5, 5.41) is 12.0. The molecule has 3 N–H and O–H groups in total. The summed E-state index contributed by atoms with van der Waals surface area (Å²) in [4.78, 5) is 14.7. The van der Waals surface area contributed by atoms with Gasteiger partial charge in [-0.1, -0.05) is 42.8 Å². The minimum atomic E-state index is -3.64. The number of nitrogens with zero attached hydrogens (tertiary/aromatic N) is 1. The number of aryl methyl sites for hydroxylation is 1. The lowest BCUT2D eigenvalue weighted by Gasteiger charge is -2.28. The average Bonchev–Trinajstić information content (AvgIpc) is 3.19. The van der Waals surface area contributed by atoms with E-state index in [4.69, 9.17) is 17.3 Å². The minimum absolute atomic E-state index is 0.0247. The SMILES string of the molecule is CCc1cccc(CN(CC(O)C(N)Cc2cc(F)cc(F)c2)C(=O)c2scc(S(C)(=O)=O)c2Cl)c1. The quantitative estimate of drug-likeness (QED) is 0.389. The molecular weight excluding hydrogens is 530 g/mol. The van der Waals surface area contributed by atoms with Crippen LogP contribution in [0.1, 0.15) is 33.3 Å². The van der Waals surface area contributed by atoms with Crippen LogP contribution in [0, 0.1) is 11.6 Å². The molecule has 2 aromatic carbocycles. The summed E-state index contributed by atoms with van der Waals surface area (Å²) in [7, 11) is -3.64. The van der Waals surface area contributed by atoms with Crippen LogP contribution in [0.5, 0.6) is 0 Å². The zero-order valence-electron chi connectivity index (χ0n) is 19.7. The highest BCUT2D eigenvalue weighted by molar-refractivity contribution is 7.91. The van der Waals surface area contributed by atoms with Crippen LogP contribution in [0.15, 0.2) is 52.7 Å². The number of nitrogens with two attached hydrogens (primary N) is 1. The molecule has 0 aliphatic heterocycles. The molecule has 0 aliphatic carbocycles. The molecule has 0 bridgehead atoms. The summed E-state index contributed by atoms with van der Waals surface area (Å²) in [6, 6.07) is 9.64. The molecule has 0 aliphatic rings. The molecule has 1 amide bonds. The van der Waals surface area contributed by atoms with E-state index in [1.165, 1.54) is 10.3 Å². The second kappa shape index (κ2) is 11.8. The first-order valence-corrected chi connectivity index (χ1v) is 14.3. The van der Waals surface area contributed by atoms with E-state index in [-0.39, 0.29) is 39.9 Å². The molecule has 1 heterocycles. The molecule has 1 aromatic heterocycles. The maximum atomic E-state index is 13.6. The fourth-order valence-electron chi connectivity index (χ4n) is 3.75. The zero-order valence-corrected chi connectivity index (χ0v) is 22.1. The smallest absolute Gasteiger partial charge is 0.265 e. The van der Waals surface area contributed by atoms with Gasteiger partial charge in [-0.15, -0.1) is 11.3 Å². The highest BCUT2D eigenvalue weighted by Crippen LogP contribution is 2.33. The van der Waals surface area contributed by atoms with E-state index in [1.807, 2.05) is 31.2 Å². The number of aliphatic hydroxyl groups is 1.